The topological polar surface area (TPSA) is 105 Å². The van der Waals surface area contributed by atoms with Gasteiger partial charge in [-0.15, -0.1) is 0 Å². The molecule has 0 radical (unpaired) electrons. The first kappa shape index (κ1) is 14.9. The number of carboxylic acids is 1. The highest BCUT2D eigenvalue weighted by molar-refractivity contribution is 5.94. The van der Waals surface area contributed by atoms with Gasteiger partial charge in [-0.05, 0) is 21.7 Å². The quantitative estimate of drug-likeness (QED) is 0.605. The molecule has 1 rings (SSSR count). The van der Waals surface area contributed by atoms with E-state index in [1.807, 2.05) is 6.92 Å². The first-order chi connectivity index (χ1) is 8.82. The maximum Gasteiger partial charge on any atom is 0.364 e. The molecule has 1 heterocycles. The highest BCUT2D eigenvalue weighted by atomic mass is 16.6. The van der Waals surface area contributed by atoms with Crippen LogP contribution in [0.3, 0.4) is 0 Å². The molecule has 0 amide bonds. The largest absolute Gasteiger partial charge is 0.478 e. The van der Waals surface area contributed by atoms with Gasteiger partial charge in [0.1, 0.15) is 0 Å². The summed E-state index contributed by atoms with van der Waals surface area (Å²) >= 11 is 0. The zero-order valence-electron chi connectivity index (χ0n) is 11.1. The van der Waals surface area contributed by atoms with Gasteiger partial charge in [-0.2, -0.15) is 0 Å². The average Bonchev–Trinajstić information content (AvgIpc) is 2.35. The standard InChI is InChI=1S/C12H17N3O4/c1-7(2)8(3)5-13-10-6-14-11(15(18)19)4-9(10)12(16)17/h4,6-8,13H,5H2,1-3H3,(H,16,17). The predicted molar refractivity (Wildman–Crippen MR) is 70.3 cm³/mol. The van der Waals surface area contributed by atoms with Gasteiger partial charge in [0.15, 0.2) is 6.20 Å². The molecule has 1 aromatic rings. The van der Waals surface area contributed by atoms with Crippen LogP contribution in [-0.4, -0.2) is 27.5 Å². The molecule has 0 aliphatic carbocycles. The van der Waals surface area contributed by atoms with E-state index in [1.165, 1.54) is 6.20 Å². The molecule has 0 saturated heterocycles. The van der Waals surface area contributed by atoms with Crippen molar-refractivity contribution < 1.29 is 14.8 Å². The fourth-order valence-electron chi connectivity index (χ4n) is 1.37. The molecule has 1 aromatic heterocycles. The number of nitro groups is 1. The average molecular weight is 267 g/mol. The van der Waals surface area contributed by atoms with Crippen LogP contribution >= 0.6 is 0 Å². The third-order valence-electron chi connectivity index (χ3n) is 3.06. The molecule has 0 bridgehead atoms. The monoisotopic (exact) mass is 267 g/mol. The van der Waals surface area contributed by atoms with Crippen molar-refractivity contribution in [3.8, 4) is 0 Å². The summed E-state index contributed by atoms with van der Waals surface area (Å²) in [7, 11) is 0. The Kier molecular flexibility index (Phi) is 4.80. The number of hydrogen-bond donors (Lipinski definition) is 2. The second-order valence-corrected chi connectivity index (χ2v) is 4.75. The molecule has 0 aromatic carbocycles. The highest BCUT2D eigenvalue weighted by Gasteiger charge is 2.18. The van der Waals surface area contributed by atoms with Crippen molar-refractivity contribution in [3.63, 3.8) is 0 Å². The zero-order chi connectivity index (χ0) is 14.6. The minimum absolute atomic E-state index is 0.141. The first-order valence-electron chi connectivity index (χ1n) is 5.94. The van der Waals surface area contributed by atoms with Gasteiger partial charge in [0, 0.05) is 6.54 Å². The molecule has 7 nitrogen and oxygen atoms in total. The normalized spacial score (nSPS) is 12.2. The highest BCUT2D eigenvalue weighted by Crippen LogP contribution is 2.20. The summed E-state index contributed by atoms with van der Waals surface area (Å²) in [6.45, 7) is 6.76. The third-order valence-corrected chi connectivity index (χ3v) is 3.06. The Hall–Kier alpha value is -2.18. The van der Waals surface area contributed by atoms with Gasteiger partial charge < -0.3 is 20.5 Å². The van der Waals surface area contributed by atoms with E-state index in [0.717, 1.165) is 6.07 Å². The van der Waals surface area contributed by atoms with Crippen LogP contribution < -0.4 is 5.32 Å². The van der Waals surface area contributed by atoms with Crippen LogP contribution in [0.2, 0.25) is 0 Å². The number of carboxylic acid groups (broad SMARTS) is 1. The number of rotatable bonds is 6. The lowest BCUT2D eigenvalue weighted by Crippen LogP contribution is -2.18. The lowest BCUT2D eigenvalue weighted by Gasteiger charge is -2.17. The van der Waals surface area contributed by atoms with Crippen LogP contribution in [0.1, 0.15) is 31.1 Å². The summed E-state index contributed by atoms with van der Waals surface area (Å²) in [4.78, 5) is 24.6. The number of aromatic carboxylic acids is 1. The minimum Gasteiger partial charge on any atom is -0.478 e. The summed E-state index contributed by atoms with van der Waals surface area (Å²) in [5.41, 5.74) is 0.156. The van der Waals surface area contributed by atoms with Crippen molar-refractivity contribution in [2.45, 2.75) is 20.8 Å². The molecule has 1 unspecified atom stereocenters. The zero-order valence-corrected chi connectivity index (χ0v) is 11.1. The molecular formula is C12H17N3O4. The van der Waals surface area contributed by atoms with E-state index in [1.54, 1.807) is 0 Å². The van der Waals surface area contributed by atoms with Crippen LogP contribution in [0.25, 0.3) is 0 Å². The molecular weight excluding hydrogens is 250 g/mol. The van der Waals surface area contributed by atoms with Crippen molar-refractivity contribution in [1.29, 1.82) is 0 Å². The van der Waals surface area contributed by atoms with Crippen molar-refractivity contribution in [3.05, 3.63) is 27.9 Å². The van der Waals surface area contributed by atoms with Crippen LogP contribution in [0.5, 0.6) is 0 Å². The molecule has 19 heavy (non-hydrogen) atoms. The Bertz CT molecular complexity index is 488. The van der Waals surface area contributed by atoms with Gasteiger partial charge in [0.25, 0.3) is 0 Å². The lowest BCUT2D eigenvalue weighted by molar-refractivity contribution is -0.389. The maximum absolute atomic E-state index is 11.1. The van der Waals surface area contributed by atoms with Crippen molar-refractivity contribution in [2.24, 2.45) is 11.8 Å². The minimum atomic E-state index is -1.22. The summed E-state index contributed by atoms with van der Waals surface area (Å²) in [6, 6.07) is 0.963. The molecule has 0 aliphatic heterocycles. The second kappa shape index (κ2) is 6.12. The van der Waals surface area contributed by atoms with E-state index in [-0.39, 0.29) is 5.56 Å². The number of pyridine rings is 1. The summed E-state index contributed by atoms with van der Waals surface area (Å²) in [5.74, 6) is -0.895. The Morgan fingerprint density at radius 1 is 1.53 bits per heavy atom. The van der Waals surface area contributed by atoms with Gasteiger partial charge in [-0.1, -0.05) is 20.8 Å². The van der Waals surface area contributed by atoms with E-state index in [4.69, 9.17) is 5.11 Å². The Labute approximate surface area is 110 Å². The van der Waals surface area contributed by atoms with Crippen molar-refractivity contribution >= 4 is 17.5 Å². The molecule has 0 aliphatic rings. The molecule has 0 saturated carbocycles. The smallest absolute Gasteiger partial charge is 0.364 e. The number of anilines is 1. The fraction of sp³-hybridized carbons (Fsp3) is 0.500. The SMILES string of the molecule is CC(C)C(C)CNc1cnc([N+](=O)[O-])cc1C(=O)O. The first-order valence-corrected chi connectivity index (χ1v) is 5.94. The summed E-state index contributed by atoms with van der Waals surface area (Å²) in [6.07, 6.45) is 1.19. The molecule has 0 spiro atoms. The van der Waals surface area contributed by atoms with Gasteiger partial charge in [-0.3, -0.25) is 0 Å². The van der Waals surface area contributed by atoms with Crippen LogP contribution in [0, 0.1) is 22.0 Å². The predicted octanol–water partition coefficient (Wildman–Crippen LogP) is 2.39. The van der Waals surface area contributed by atoms with Crippen LogP contribution in [0.15, 0.2) is 12.3 Å². The summed E-state index contributed by atoms with van der Waals surface area (Å²) < 4.78 is 0. The molecule has 7 heteroatoms. The van der Waals surface area contributed by atoms with Gasteiger partial charge in [-0.25, -0.2) is 4.79 Å². The van der Waals surface area contributed by atoms with Crippen molar-refractivity contribution in [1.82, 2.24) is 4.98 Å². The lowest BCUT2D eigenvalue weighted by atomic mass is 9.98. The van der Waals surface area contributed by atoms with Gasteiger partial charge in [0.05, 0.1) is 17.3 Å². The number of nitrogens with one attached hydrogen (secondary N) is 1. The summed E-state index contributed by atoms with van der Waals surface area (Å²) in [5, 5.41) is 22.6. The third kappa shape index (κ3) is 3.90. The fourth-order valence-corrected chi connectivity index (χ4v) is 1.37. The molecule has 1 atom stereocenters. The Balaban J connectivity index is 2.94. The molecule has 0 fully saturated rings. The Morgan fingerprint density at radius 3 is 2.63 bits per heavy atom. The van der Waals surface area contributed by atoms with E-state index < -0.39 is 16.7 Å². The number of carbonyl (C=O) groups is 1. The number of hydrogen-bond acceptors (Lipinski definition) is 5. The van der Waals surface area contributed by atoms with E-state index in [9.17, 15) is 14.9 Å². The van der Waals surface area contributed by atoms with Crippen molar-refractivity contribution in [2.75, 3.05) is 11.9 Å². The van der Waals surface area contributed by atoms with Gasteiger partial charge in [0.2, 0.25) is 0 Å². The van der Waals surface area contributed by atoms with Crippen LogP contribution in [0.4, 0.5) is 11.5 Å². The maximum atomic E-state index is 11.1. The number of aromatic nitrogens is 1. The van der Waals surface area contributed by atoms with E-state index in [0.29, 0.717) is 24.1 Å². The number of nitrogens with zero attached hydrogens (tertiary/aromatic N) is 2. The Morgan fingerprint density at radius 2 is 2.16 bits per heavy atom. The van der Waals surface area contributed by atoms with E-state index >= 15 is 0 Å². The molecule has 104 valence electrons. The van der Waals surface area contributed by atoms with E-state index in [2.05, 4.69) is 24.1 Å². The van der Waals surface area contributed by atoms with Crippen LogP contribution in [-0.2, 0) is 0 Å². The second-order valence-electron chi connectivity index (χ2n) is 4.75. The molecule has 2 N–H and O–H groups in total. The van der Waals surface area contributed by atoms with Gasteiger partial charge >= 0.3 is 11.8 Å².